The van der Waals surface area contributed by atoms with Crippen molar-refractivity contribution in [1.82, 2.24) is 0 Å². The zero-order valence-electron chi connectivity index (χ0n) is 26.2. The minimum atomic E-state index is 1.26. The molecule has 11 aromatic rings. The highest BCUT2D eigenvalue weighted by atomic mass is 14.3. The number of fused-ring (bicyclic) bond motifs is 8. The zero-order valence-corrected chi connectivity index (χ0v) is 26.2. The van der Waals surface area contributed by atoms with Crippen molar-refractivity contribution in [3.8, 4) is 22.3 Å². The van der Waals surface area contributed by atoms with E-state index in [1.54, 1.807) is 0 Å². The van der Waals surface area contributed by atoms with Crippen molar-refractivity contribution in [3.63, 3.8) is 0 Å². The molecule has 0 saturated heterocycles. The second kappa shape index (κ2) is 9.64. The smallest absolute Gasteiger partial charge is 0.000762 e. The average Bonchev–Trinajstić information content (AvgIpc) is 3.16. The van der Waals surface area contributed by atoms with Crippen molar-refractivity contribution in [3.05, 3.63) is 170 Å². The van der Waals surface area contributed by atoms with Gasteiger partial charge in [0.05, 0.1) is 0 Å². The Kier molecular flexibility index (Phi) is 5.20. The maximum absolute atomic E-state index is 2.39. The second-order valence-electron chi connectivity index (χ2n) is 13.2. The minimum Gasteiger partial charge on any atom is -0.0616 e. The van der Waals surface area contributed by atoms with E-state index in [0.717, 1.165) is 0 Å². The van der Waals surface area contributed by atoms with Gasteiger partial charge in [-0.2, -0.15) is 0 Å². The van der Waals surface area contributed by atoms with Crippen molar-refractivity contribution in [2.24, 2.45) is 0 Å². The summed E-state index contributed by atoms with van der Waals surface area (Å²) in [6.07, 6.45) is 0. The first-order valence-electron chi connectivity index (χ1n) is 16.8. The van der Waals surface area contributed by atoms with Gasteiger partial charge in [-0.15, -0.1) is 0 Å². The summed E-state index contributed by atoms with van der Waals surface area (Å²) >= 11 is 0. The molecule has 0 aliphatic heterocycles. The van der Waals surface area contributed by atoms with Crippen molar-refractivity contribution >= 4 is 86.2 Å². The van der Waals surface area contributed by atoms with Gasteiger partial charge in [-0.1, -0.05) is 158 Å². The Morgan fingerprint density at radius 3 is 1.02 bits per heavy atom. The van der Waals surface area contributed by atoms with Gasteiger partial charge in [0.2, 0.25) is 0 Å². The molecule has 0 aromatic heterocycles. The van der Waals surface area contributed by atoms with Crippen molar-refractivity contribution in [2.45, 2.75) is 0 Å². The van der Waals surface area contributed by atoms with E-state index >= 15 is 0 Å². The maximum Gasteiger partial charge on any atom is -0.000762 e. The molecule has 11 aromatic carbocycles. The molecule has 0 heterocycles. The average molecular weight is 605 g/mol. The summed E-state index contributed by atoms with van der Waals surface area (Å²) in [5.41, 5.74) is 5.14. The Labute approximate surface area is 277 Å². The van der Waals surface area contributed by atoms with E-state index < -0.39 is 0 Å². The van der Waals surface area contributed by atoms with Crippen LogP contribution in [-0.4, -0.2) is 0 Å². The number of benzene rings is 11. The lowest BCUT2D eigenvalue weighted by Crippen LogP contribution is -1.95. The van der Waals surface area contributed by atoms with E-state index in [-0.39, 0.29) is 0 Å². The second-order valence-corrected chi connectivity index (χ2v) is 13.2. The first-order valence-corrected chi connectivity index (χ1v) is 16.8. The highest BCUT2D eigenvalue weighted by Crippen LogP contribution is 2.52. The summed E-state index contributed by atoms with van der Waals surface area (Å²) < 4.78 is 0. The summed E-state index contributed by atoms with van der Waals surface area (Å²) in [6, 6.07) is 63.3. The first kappa shape index (κ1) is 25.9. The minimum absolute atomic E-state index is 1.26. The van der Waals surface area contributed by atoms with E-state index in [4.69, 9.17) is 0 Å². The fourth-order valence-corrected chi connectivity index (χ4v) is 8.73. The molecule has 0 aliphatic carbocycles. The maximum atomic E-state index is 2.39. The van der Waals surface area contributed by atoms with Crippen LogP contribution in [0.15, 0.2) is 170 Å². The molecule has 0 unspecified atom stereocenters. The van der Waals surface area contributed by atoms with Gasteiger partial charge in [-0.25, -0.2) is 0 Å². The van der Waals surface area contributed by atoms with Crippen LogP contribution in [0, 0.1) is 0 Å². The van der Waals surface area contributed by atoms with Gasteiger partial charge in [-0.3, -0.25) is 0 Å². The summed E-state index contributed by atoms with van der Waals surface area (Å²) in [7, 11) is 0. The monoisotopic (exact) mass is 604 g/mol. The van der Waals surface area contributed by atoms with Crippen LogP contribution < -0.4 is 0 Å². The van der Waals surface area contributed by atoms with E-state index in [1.165, 1.54) is 108 Å². The van der Waals surface area contributed by atoms with Gasteiger partial charge in [0.25, 0.3) is 0 Å². The molecule has 0 bridgehead atoms. The number of rotatable bonds is 2. The van der Waals surface area contributed by atoms with Gasteiger partial charge >= 0.3 is 0 Å². The third-order valence-corrected chi connectivity index (χ3v) is 10.7. The van der Waals surface area contributed by atoms with Gasteiger partial charge in [0, 0.05) is 0 Å². The largest absolute Gasteiger partial charge is 0.0616 e. The highest BCUT2D eigenvalue weighted by Gasteiger charge is 2.24. The molecule has 0 aliphatic rings. The highest BCUT2D eigenvalue weighted by molar-refractivity contribution is 6.44. The molecule has 11 rings (SSSR count). The Morgan fingerprint density at radius 2 is 0.562 bits per heavy atom. The van der Waals surface area contributed by atoms with Crippen LogP contribution in [0.5, 0.6) is 0 Å². The first-order chi connectivity index (χ1) is 23.8. The van der Waals surface area contributed by atoms with Crippen LogP contribution in [0.25, 0.3) is 108 Å². The standard InChI is InChI=1S/C48H28/c1-3-13-31-27-33(25-23-29(31)11-1)43-37-17-7-5-15-35(37)39-19-10-22-42-45(39)47(43)41-21-9-20-40-36-16-6-8-18-38(36)44(48(42)46(40)41)34-26-24-30-12-2-4-14-32(30)28-34/h1-28H. The summed E-state index contributed by atoms with van der Waals surface area (Å²) in [4.78, 5) is 0. The van der Waals surface area contributed by atoms with E-state index in [9.17, 15) is 0 Å². The predicted octanol–water partition coefficient (Wildman–Crippen LogP) is 13.7. The Hall–Kier alpha value is -6.24. The molecule has 0 heteroatoms. The van der Waals surface area contributed by atoms with Crippen LogP contribution in [0.3, 0.4) is 0 Å². The summed E-state index contributed by atoms with van der Waals surface area (Å²) in [6.45, 7) is 0. The molecule has 0 saturated carbocycles. The normalized spacial score (nSPS) is 12.2. The van der Waals surface area contributed by atoms with Crippen molar-refractivity contribution < 1.29 is 0 Å². The third-order valence-electron chi connectivity index (χ3n) is 10.7. The van der Waals surface area contributed by atoms with Gasteiger partial charge < -0.3 is 0 Å². The van der Waals surface area contributed by atoms with E-state index in [1.807, 2.05) is 0 Å². The topological polar surface area (TPSA) is 0 Å². The predicted molar refractivity (Wildman–Crippen MR) is 209 cm³/mol. The molecule has 0 atom stereocenters. The molecule has 220 valence electrons. The Balaban J connectivity index is 1.43. The number of hydrogen-bond acceptors (Lipinski definition) is 0. The molecule has 0 spiro atoms. The Morgan fingerprint density at radius 1 is 0.208 bits per heavy atom. The van der Waals surface area contributed by atoms with E-state index in [2.05, 4.69) is 170 Å². The van der Waals surface area contributed by atoms with Crippen LogP contribution in [0.4, 0.5) is 0 Å². The quantitative estimate of drug-likeness (QED) is 0.136. The van der Waals surface area contributed by atoms with Gasteiger partial charge in [-0.05, 0) is 121 Å². The lowest BCUT2D eigenvalue weighted by molar-refractivity contribution is 1.71. The SMILES string of the molecule is c1ccc2cc(-c3c4ccccc4c4cccc5c6c(-c7ccc8ccccc8c7)c7ccccc7c7cccc(c3c45)c76)ccc2c1. The molecule has 0 N–H and O–H groups in total. The lowest BCUT2D eigenvalue weighted by atomic mass is 9.79. The van der Waals surface area contributed by atoms with Crippen LogP contribution in [0.2, 0.25) is 0 Å². The van der Waals surface area contributed by atoms with Crippen molar-refractivity contribution in [1.29, 1.82) is 0 Å². The molecular weight excluding hydrogens is 577 g/mol. The molecule has 0 amide bonds. The fraction of sp³-hybridized carbons (Fsp3) is 0. The summed E-state index contributed by atoms with van der Waals surface area (Å²) in [5, 5.41) is 20.8. The molecular formula is C48H28. The Bertz CT molecular complexity index is 2890. The molecule has 0 radical (unpaired) electrons. The fourth-order valence-electron chi connectivity index (χ4n) is 8.73. The summed E-state index contributed by atoms with van der Waals surface area (Å²) in [5.74, 6) is 0. The van der Waals surface area contributed by atoms with Crippen LogP contribution in [0.1, 0.15) is 0 Å². The van der Waals surface area contributed by atoms with Crippen LogP contribution >= 0.6 is 0 Å². The third kappa shape index (κ3) is 3.44. The zero-order chi connectivity index (χ0) is 31.3. The molecule has 0 fully saturated rings. The van der Waals surface area contributed by atoms with E-state index in [0.29, 0.717) is 0 Å². The lowest BCUT2D eigenvalue weighted by Gasteiger charge is -2.23. The van der Waals surface area contributed by atoms with Gasteiger partial charge in [0.15, 0.2) is 0 Å². The molecule has 0 nitrogen and oxygen atoms in total. The molecule has 48 heavy (non-hydrogen) atoms. The van der Waals surface area contributed by atoms with Gasteiger partial charge in [0.1, 0.15) is 0 Å². The van der Waals surface area contributed by atoms with Crippen LogP contribution in [-0.2, 0) is 0 Å². The van der Waals surface area contributed by atoms with Crippen molar-refractivity contribution in [2.75, 3.05) is 0 Å². The number of hydrogen-bond donors (Lipinski definition) is 0.